The fraction of sp³-hybridized carbons (Fsp3) is 1.00. The van der Waals surface area contributed by atoms with E-state index in [0.29, 0.717) is 18.1 Å². The van der Waals surface area contributed by atoms with Gasteiger partial charge in [0.1, 0.15) is 0 Å². The van der Waals surface area contributed by atoms with E-state index in [4.69, 9.17) is 10.6 Å². The van der Waals surface area contributed by atoms with Crippen molar-refractivity contribution in [3.63, 3.8) is 0 Å². The highest BCUT2D eigenvalue weighted by molar-refractivity contribution is 4.85. The minimum Gasteiger partial charge on any atom is -0.377 e. The summed E-state index contributed by atoms with van der Waals surface area (Å²) in [5.74, 6) is 7.01. The van der Waals surface area contributed by atoms with Crippen LogP contribution in [0.25, 0.3) is 0 Å². The van der Waals surface area contributed by atoms with Crippen molar-refractivity contribution in [1.29, 1.82) is 0 Å². The van der Waals surface area contributed by atoms with Crippen LogP contribution in [0.2, 0.25) is 0 Å². The maximum Gasteiger partial charge on any atom is 0.0639 e. The lowest BCUT2D eigenvalue weighted by Crippen LogP contribution is -2.44. The maximum absolute atomic E-state index is 5.55. The average Bonchev–Trinajstić information content (AvgIpc) is 2.86. The van der Waals surface area contributed by atoms with E-state index in [1.807, 2.05) is 0 Å². The number of hydrazine groups is 1. The molecular weight excluding hydrogens is 164 g/mol. The monoisotopic (exact) mass is 186 g/mol. The van der Waals surface area contributed by atoms with Crippen molar-refractivity contribution in [2.45, 2.75) is 45.8 Å². The van der Waals surface area contributed by atoms with Crippen LogP contribution >= 0.6 is 0 Å². The highest BCUT2D eigenvalue weighted by Gasteiger charge is 2.32. The summed E-state index contributed by atoms with van der Waals surface area (Å²) in [4.78, 5) is 0. The Kier molecular flexibility index (Phi) is 4.16. The van der Waals surface area contributed by atoms with Crippen LogP contribution in [-0.4, -0.2) is 18.8 Å². The maximum atomic E-state index is 5.55. The number of nitrogens with two attached hydrogens (primary N) is 1. The van der Waals surface area contributed by atoms with Crippen molar-refractivity contribution in [3.8, 4) is 0 Å². The summed E-state index contributed by atoms with van der Waals surface area (Å²) in [6.07, 6.45) is 3.02. The van der Waals surface area contributed by atoms with E-state index in [-0.39, 0.29) is 0 Å². The molecule has 3 heteroatoms. The molecule has 13 heavy (non-hydrogen) atoms. The van der Waals surface area contributed by atoms with Crippen LogP contribution in [0.5, 0.6) is 0 Å². The molecule has 78 valence electrons. The second kappa shape index (κ2) is 4.94. The zero-order valence-electron chi connectivity index (χ0n) is 8.92. The molecule has 0 aromatic rings. The van der Waals surface area contributed by atoms with Gasteiger partial charge < -0.3 is 4.74 Å². The van der Waals surface area contributed by atoms with Gasteiger partial charge in [0.15, 0.2) is 0 Å². The van der Waals surface area contributed by atoms with Crippen LogP contribution in [0.1, 0.15) is 33.6 Å². The number of hydrogen-bond donors (Lipinski definition) is 2. The molecule has 0 aromatic heterocycles. The van der Waals surface area contributed by atoms with Gasteiger partial charge in [0.2, 0.25) is 0 Å². The summed E-state index contributed by atoms with van der Waals surface area (Å²) in [7, 11) is 0. The molecule has 1 aliphatic carbocycles. The Balaban J connectivity index is 2.24. The first-order valence-corrected chi connectivity index (χ1v) is 5.23. The number of nitrogens with one attached hydrogen (secondary N) is 1. The molecule has 3 N–H and O–H groups in total. The van der Waals surface area contributed by atoms with Gasteiger partial charge in [0.25, 0.3) is 0 Å². The second-order valence-corrected chi connectivity index (χ2v) is 4.35. The van der Waals surface area contributed by atoms with E-state index in [2.05, 4.69) is 26.2 Å². The highest BCUT2D eigenvalue weighted by atomic mass is 16.5. The van der Waals surface area contributed by atoms with Crippen molar-refractivity contribution in [3.05, 3.63) is 0 Å². The molecule has 0 saturated heterocycles. The molecule has 1 saturated carbocycles. The Hall–Kier alpha value is -0.120. The predicted molar refractivity (Wildman–Crippen MR) is 54.1 cm³/mol. The second-order valence-electron chi connectivity index (χ2n) is 4.35. The summed E-state index contributed by atoms with van der Waals surface area (Å²) in [6, 6.07) is 0.315. The van der Waals surface area contributed by atoms with Crippen molar-refractivity contribution in [2.75, 3.05) is 6.61 Å². The Bertz CT molecular complexity index is 146. The normalized spacial score (nSPS) is 21.9. The SMILES string of the molecule is CC(C)OCC(NN)C(C)C1CC1. The quantitative estimate of drug-likeness (QED) is 0.485. The van der Waals surface area contributed by atoms with Crippen LogP contribution < -0.4 is 11.3 Å². The third kappa shape index (κ3) is 3.63. The summed E-state index contributed by atoms with van der Waals surface area (Å²) >= 11 is 0. The van der Waals surface area contributed by atoms with Crippen LogP contribution in [-0.2, 0) is 4.74 Å². The van der Waals surface area contributed by atoms with E-state index in [1.54, 1.807) is 0 Å². The Morgan fingerprint density at radius 3 is 2.38 bits per heavy atom. The molecule has 0 radical (unpaired) electrons. The minimum absolute atomic E-state index is 0.294. The van der Waals surface area contributed by atoms with Crippen LogP contribution in [0, 0.1) is 11.8 Å². The predicted octanol–water partition coefficient (Wildman–Crippen LogP) is 1.29. The van der Waals surface area contributed by atoms with Gasteiger partial charge >= 0.3 is 0 Å². The largest absolute Gasteiger partial charge is 0.377 e. The molecule has 2 unspecified atom stereocenters. The van der Waals surface area contributed by atoms with Gasteiger partial charge in [-0.3, -0.25) is 11.3 Å². The zero-order chi connectivity index (χ0) is 9.84. The minimum atomic E-state index is 0.294. The molecule has 0 bridgehead atoms. The number of rotatable bonds is 6. The molecule has 3 nitrogen and oxygen atoms in total. The first-order chi connectivity index (χ1) is 6.15. The van der Waals surface area contributed by atoms with E-state index >= 15 is 0 Å². The summed E-state index contributed by atoms with van der Waals surface area (Å²) in [5.41, 5.74) is 2.85. The lowest BCUT2D eigenvalue weighted by atomic mass is 9.98. The van der Waals surface area contributed by atoms with Gasteiger partial charge in [0.05, 0.1) is 12.7 Å². The van der Waals surface area contributed by atoms with Gasteiger partial charge in [-0.15, -0.1) is 0 Å². The highest BCUT2D eigenvalue weighted by Crippen LogP contribution is 2.38. The Morgan fingerprint density at radius 1 is 1.38 bits per heavy atom. The van der Waals surface area contributed by atoms with Crippen LogP contribution in [0.3, 0.4) is 0 Å². The summed E-state index contributed by atoms with van der Waals surface area (Å²) in [5, 5.41) is 0. The topological polar surface area (TPSA) is 47.3 Å². The standard InChI is InChI=1S/C10H22N2O/c1-7(2)13-6-10(12-11)8(3)9-4-5-9/h7-10,12H,4-6,11H2,1-3H3. The molecule has 0 spiro atoms. The van der Waals surface area contributed by atoms with Gasteiger partial charge in [-0.05, 0) is 38.5 Å². The lowest BCUT2D eigenvalue weighted by Gasteiger charge is -2.23. The molecule has 0 amide bonds. The molecule has 1 fully saturated rings. The van der Waals surface area contributed by atoms with Crippen molar-refractivity contribution in [1.82, 2.24) is 5.43 Å². The first-order valence-electron chi connectivity index (χ1n) is 5.23. The molecular formula is C10H22N2O. The number of ether oxygens (including phenoxy) is 1. The van der Waals surface area contributed by atoms with Crippen LogP contribution in [0.4, 0.5) is 0 Å². The molecule has 1 aliphatic rings. The smallest absolute Gasteiger partial charge is 0.0639 e. The third-order valence-electron chi connectivity index (χ3n) is 2.82. The van der Waals surface area contributed by atoms with Crippen molar-refractivity contribution < 1.29 is 4.74 Å². The zero-order valence-corrected chi connectivity index (χ0v) is 8.92. The lowest BCUT2D eigenvalue weighted by molar-refractivity contribution is 0.0475. The Labute approximate surface area is 81.0 Å². The van der Waals surface area contributed by atoms with Gasteiger partial charge in [0, 0.05) is 6.04 Å². The van der Waals surface area contributed by atoms with Crippen molar-refractivity contribution in [2.24, 2.45) is 17.7 Å². The van der Waals surface area contributed by atoms with E-state index < -0.39 is 0 Å². The van der Waals surface area contributed by atoms with Gasteiger partial charge in [-0.25, -0.2) is 0 Å². The first kappa shape index (κ1) is 11.0. The summed E-state index contributed by atoms with van der Waals surface area (Å²) in [6.45, 7) is 7.09. The third-order valence-corrected chi connectivity index (χ3v) is 2.82. The van der Waals surface area contributed by atoms with E-state index in [1.165, 1.54) is 12.8 Å². The summed E-state index contributed by atoms with van der Waals surface area (Å²) < 4.78 is 5.55. The van der Waals surface area contributed by atoms with Crippen LogP contribution in [0.15, 0.2) is 0 Å². The average molecular weight is 186 g/mol. The van der Waals surface area contributed by atoms with E-state index in [0.717, 1.165) is 12.5 Å². The fourth-order valence-corrected chi connectivity index (χ4v) is 1.60. The molecule has 2 atom stereocenters. The fourth-order valence-electron chi connectivity index (χ4n) is 1.60. The van der Waals surface area contributed by atoms with Gasteiger partial charge in [-0.1, -0.05) is 6.92 Å². The molecule has 0 heterocycles. The Morgan fingerprint density at radius 2 is 2.00 bits per heavy atom. The van der Waals surface area contributed by atoms with Gasteiger partial charge in [-0.2, -0.15) is 0 Å². The number of hydrogen-bond acceptors (Lipinski definition) is 3. The molecule has 1 rings (SSSR count). The van der Waals surface area contributed by atoms with Crippen molar-refractivity contribution >= 4 is 0 Å². The molecule has 0 aromatic carbocycles. The van der Waals surface area contributed by atoms with E-state index in [9.17, 15) is 0 Å². The molecule has 0 aliphatic heterocycles.